The van der Waals surface area contributed by atoms with Gasteiger partial charge in [-0.1, -0.05) is 48.5 Å². The van der Waals surface area contributed by atoms with Gasteiger partial charge in [-0.25, -0.2) is 0 Å². The molecular formula is C24H22O2. The van der Waals surface area contributed by atoms with Crippen LogP contribution in [-0.4, -0.2) is 14.2 Å². The fraction of sp³-hybridized carbons (Fsp3) is 0.167. The molecule has 0 aliphatic rings. The van der Waals surface area contributed by atoms with Crippen LogP contribution in [0.4, 0.5) is 0 Å². The lowest BCUT2D eigenvalue weighted by atomic mass is 9.99. The van der Waals surface area contributed by atoms with Gasteiger partial charge >= 0.3 is 0 Å². The monoisotopic (exact) mass is 342 g/mol. The largest absolute Gasteiger partial charge is 0.497 e. The Morgan fingerprint density at radius 3 is 1.31 bits per heavy atom. The van der Waals surface area contributed by atoms with Crippen molar-refractivity contribution in [3.05, 3.63) is 83.9 Å². The Hall–Kier alpha value is -3.00. The number of aryl methyl sites for hydroxylation is 2. The molecule has 0 unspecified atom stereocenters. The molecular weight excluding hydrogens is 320 g/mol. The molecule has 0 fully saturated rings. The lowest BCUT2D eigenvalue weighted by Crippen LogP contribution is -1.92. The highest BCUT2D eigenvalue weighted by Crippen LogP contribution is 2.24. The van der Waals surface area contributed by atoms with Crippen molar-refractivity contribution in [3.8, 4) is 11.5 Å². The maximum absolute atomic E-state index is 5.30. The fourth-order valence-electron chi connectivity index (χ4n) is 3.40. The first-order valence-electron chi connectivity index (χ1n) is 8.88. The minimum atomic E-state index is 0.901. The van der Waals surface area contributed by atoms with Crippen LogP contribution in [0.1, 0.15) is 11.1 Å². The fourth-order valence-corrected chi connectivity index (χ4v) is 3.40. The van der Waals surface area contributed by atoms with E-state index < -0.39 is 0 Å². The van der Waals surface area contributed by atoms with Crippen LogP contribution >= 0.6 is 0 Å². The van der Waals surface area contributed by atoms with E-state index >= 15 is 0 Å². The number of ether oxygens (including phenoxy) is 2. The summed E-state index contributed by atoms with van der Waals surface area (Å²) in [4.78, 5) is 0. The molecule has 0 aromatic heterocycles. The van der Waals surface area contributed by atoms with Crippen LogP contribution < -0.4 is 9.47 Å². The third-order valence-electron chi connectivity index (χ3n) is 4.93. The highest BCUT2D eigenvalue weighted by atomic mass is 16.5. The smallest absolute Gasteiger partial charge is 0.119 e. The van der Waals surface area contributed by atoms with Crippen LogP contribution in [0, 0.1) is 0 Å². The van der Waals surface area contributed by atoms with Gasteiger partial charge in [-0.3, -0.25) is 0 Å². The standard InChI is InChI=1S/C24H22O2/c1-25-23-11-9-19-13-17(5-7-21(19)15-23)3-4-18-6-8-22-16-24(26-2)12-10-20(22)14-18/h5-16H,3-4H2,1-2H3. The second-order valence-corrected chi connectivity index (χ2v) is 6.59. The lowest BCUT2D eigenvalue weighted by molar-refractivity contribution is 0.415. The van der Waals surface area contributed by atoms with Crippen molar-refractivity contribution in [2.24, 2.45) is 0 Å². The highest BCUT2D eigenvalue weighted by Gasteiger charge is 2.02. The molecule has 0 saturated carbocycles. The third-order valence-corrected chi connectivity index (χ3v) is 4.93. The molecule has 0 atom stereocenters. The third kappa shape index (κ3) is 3.36. The minimum absolute atomic E-state index is 0.901. The first-order chi connectivity index (χ1) is 12.7. The molecule has 0 radical (unpaired) electrons. The Morgan fingerprint density at radius 2 is 0.885 bits per heavy atom. The van der Waals surface area contributed by atoms with Crippen LogP contribution in [0.5, 0.6) is 11.5 Å². The molecule has 0 N–H and O–H groups in total. The van der Waals surface area contributed by atoms with E-state index in [9.17, 15) is 0 Å². The van der Waals surface area contributed by atoms with Crippen molar-refractivity contribution in [1.29, 1.82) is 0 Å². The van der Waals surface area contributed by atoms with Crippen LogP contribution in [0.15, 0.2) is 72.8 Å². The summed E-state index contributed by atoms with van der Waals surface area (Å²) in [6.45, 7) is 0. The molecule has 0 amide bonds. The summed E-state index contributed by atoms with van der Waals surface area (Å²) in [7, 11) is 3.41. The molecule has 0 heterocycles. The predicted molar refractivity (Wildman–Crippen MR) is 108 cm³/mol. The van der Waals surface area contributed by atoms with E-state index in [1.165, 1.54) is 32.7 Å². The van der Waals surface area contributed by atoms with Gasteiger partial charge < -0.3 is 9.47 Å². The van der Waals surface area contributed by atoms with Crippen molar-refractivity contribution >= 4 is 21.5 Å². The number of rotatable bonds is 5. The molecule has 4 aromatic carbocycles. The number of methoxy groups -OCH3 is 2. The van der Waals surface area contributed by atoms with Crippen LogP contribution in [0.25, 0.3) is 21.5 Å². The summed E-state index contributed by atoms with van der Waals surface area (Å²) in [5.74, 6) is 1.80. The van der Waals surface area contributed by atoms with Gasteiger partial charge in [-0.2, -0.15) is 0 Å². The summed E-state index contributed by atoms with van der Waals surface area (Å²) < 4.78 is 10.6. The molecule has 2 heteroatoms. The average Bonchev–Trinajstić information content (AvgIpc) is 2.71. The van der Waals surface area contributed by atoms with Gasteiger partial charge in [0.05, 0.1) is 14.2 Å². The Balaban J connectivity index is 1.52. The van der Waals surface area contributed by atoms with Gasteiger partial charge in [-0.15, -0.1) is 0 Å². The zero-order valence-corrected chi connectivity index (χ0v) is 15.2. The van der Waals surface area contributed by atoms with Crippen LogP contribution in [0.2, 0.25) is 0 Å². The van der Waals surface area contributed by atoms with E-state index in [1.807, 2.05) is 12.1 Å². The maximum Gasteiger partial charge on any atom is 0.119 e. The minimum Gasteiger partial charge on any atom is -0.497 e. The van der Waals surface area contributed by atoms with Crippen molar-refractivity contribution in [2.45, 2.75) is 12.8 Å². The summed E-state index contributed by atoms with van der Waals surface area (Å²) in [5, 5.41) is 4.95. The van der Waals surface area contributed by atoms with E-state index in [0.717, 1.165) is 24.3 Å². The predicted octanol–water partition coefficient (Wildman–Crippen LogP) is 5.80. The van der Waals surface area contributed by atoms with Gasteiger partial charge in [0, 0.05) is 0 Å². The Morgan fingerprint density at radius 1 is 0.500 bits per heavy atom. The Bertz CT molecular complexity index is 979. The molecule has 4 rings (SSSR count). The summed E-state index contributed by atoms with van der Waals surface area (Å²) in [6.07, 6.45) is 2.06. The second-order valence-electron chi connectivity index (χ2n) is 6.59. The van der Waals surface area contributed by atoms with Gasteiger partial charge in [0.25, 0.3) is 0 Å². The maximum atomic E-state index is 5.30. The van der Waals surface area contributed by atoms with E-state index in [-0.39, 0.29) is 0 Å². The normalized spacial score (nSPS) is 11.0. The molecule has 4 aromatic rings. The van der Waals surface area contributed by atoms with Gasteiger partial charge in [0.2, 0.25) is 0 Å². The van der Waals surface area contributed by atoms with Crippen molar-refractivity contribution in [2.75, 3.05) is 14.2 Å². The van der Waals surface area contributed by atoms with E-state index in [1.54, 1.807) is 14.2 Å². The number of fused-ring (bicyclic) bond motifs is 2. The van der Waals surface area contributed by atoms with Gasteiger partial charge in [-0.05, 0) is 69.8 Å². The first kappa shape index (κ1) is 16.5. The zero-order valence-electron chi connectivity index (χ0n) is 15.2. The number of hydrogen-bond donors (Lipinski definition) is 0. The zero-order chi connectivity index (χ0) is 17.9. The number of benzene rings is 4. The molecule has 0 spiro atoms. The Labute approximate surface area is 154 Å². The quantitative estimate of drug-likeness (QED) is 0.457. The van der Waals surface area contributed by atoms with Crippen LogP contribution in [0.3, 0.4) is 0 Å². The van der Waals surface area contributed by atoms with E-state index in [4.69, 9.17) is 9.47 Å². The Kier molecular flexibility index (Phi) is 4.49. The van der Waals surface area contributed by atoms with Gasteiger partial charge in [0.15, 0.2) is 0 Å². The van der Waals surface area contributed by atoms with Gasteiger partial charge in [0.1, 0.15) is 11.5 Å². The average molecular weight is 342 g/mol. The summed E-state index contributed by atoms with van der Waals surface area (Å²) in [5.41, 5.74) is 2.72. The molecule has 2 nitrogen and oxygen atoms in total. The van der Waals surface area contributed by atoms with E-state index in [2.05, 4.69) is 60.7 Å². The van der Waals surface area contributed by atoms with Crippen LogP contribution in [-0.2, 0) is 12.8 Å². The van der Waals surface area contributed by atoms with Crippen molar-refractivity contribution in [1.82, 2.24) is 0 Å². The molecule has 0 aliphatic heterocycles. The molecule has 0 bridgehead atoms. The number of hydrogen-bond acceptors (Lipinski definition) is 2. The highest BCUT2D eigenvalue weighted by molar-refractivity contribution is 5.85. The summed E-state index contributed by atoms with van der Waals surface area (Å²) in [6, 6.07) is 25.8. The molecule has 130 valence electrons. The topological polar surface area (TPSA) is 18.5 Å². The van der Waals surface area contributed by atoms with Crippen molar-refractivity contribution < 1.29 is 9.47 Å². The van der Waals surface area contributed by atoms with Crippen molar-refractivity contribution in [3.63, 3.8) is 0 Å². The van der Waals surface area contributed by atoms with E-state index in [0.29, 0.717) is 0 Å². The molecule has 26 heavy (non-hydrogen) atoms. The first-order valence-corrected chi connectivity index (χ1v) is 8.88. The lowest BCUT2D eigenvalue weighted by Gasteiger charge is -2.08. The second kappa shape index (κ2) is 7.09. The molecule has 0 saturated heterocycles. The summed E-state index contributed by atoms with van der Waals surface area (Å²) >= 11 is 0. The molecule has 0 aliphatic carbocycles. The SMILES string of the molecule is COc1ccc2cc(CCc3ccc4cc(OC)ccc4c3)ccc2c1.